The molecular weight excluding hydrogens is 588 g/mol. The van der Waals surface area contributed by atoms with Gasteiger partial charge >= 0.3 is 5.97 Å². The summed E-state index contributed by atoms with van der Waals surface area (Å²) in [4.78, 5) is 34.9. The quantitative estimate of drug-likeness (QED) is 0.183. The van der Waals surface area contributed by atoms with Gasteiger partial charge in [-0.1, -0.05) is 61.0 Å². The molecule has 2 saturated heterocycles. The van der Waals surface area contributed by atoms with Gasteiger partial charge in [-0.15, -0.1) is 0 Å². The zero-order chi connectivity index (χ0) is 33.2. The zero-order valence-electron chi connectivity index (χ0n) is 28.4. The number of aromatic hydroxyl groups is 1. The maximum Gasteiger partial charge on any atom is 0.305 e. The first kappa shape index (κ1) is 34.6. The molecule has 0 aromatic heterocycles. The summed E-state index contributed by atoms with van der Waals surface area (Å²) in [5, 5.41) is 10.5. The molecule has 8 nitrogen and oxygen atoms in total. The van der Waals surface area contributed by atoms with Crippen LogP contribution in [0.4, 0.5) is 0 Å². The van der Waals surface area contributed by atoms with Crippen LogP contribution in [-0.2, 0) is 16.1 Å². The lowest BCUT2D eigenvalue weighted by molar-refractivity contribution is -0.143. The maximum absolute atomic E-state index is 13.8. The van der Waals surface area contributed by atoms with Crippen molar-refractivity contribution in [3.63, 3.8) is 0 Å². The topological polar surface area (TPSA) is 76.6 Å². The Morgan fingerprint density at radius 3 is 2.28 bits per heavy atom. The number of unbranched alkanes of at least 4 members (excludes halogenated alkanes) is 2. The molecule has 2 aliphatic heterocycles. The molecule has 2 aliphatic rings. The largest absolute Gasteiger partial charge is 0.508 e. The molecule has 0 bridgehead atoms. The molecule has 0 spiro atoms. The van der Waals surface area contributed by atoms with Crippen molar-refractivity contribution >= 4 is 11.9 Å². The summed E-state index contributed by atoms with van der Waals surface area (Å²) in [6.45, 7) is 13.7. The molecule has 0 saturated carbocycles. The standard InChI is InChI=1S/C39H52N4O4/c1-4-47-37(45)19-9-6-10-20-40-21-23-41(24-22-40)39(46)35-17-11-15-33(25-35)38(34-16-12-18-36(44)26-34)43-28-30(2)42(27-31(43)3)29-32-13-7-5-8-14-32/h5,7-8,11-18,25-26,30-31,38,44H,4,6,9-10,19-24,27-29H2,1-3H3/t30-,31+,38-/m1/s1. The molecule has 252 valence electrons. The third-order valence-corrected chi connectivity index (χ3v) is 9.68. The average Bonchev–Trinajstić information content (AvgIpc) is 3.07. The highest BCUT2D eigenvalue weighted by molar-refractivity contribution is 5.94. The molecular formula is C39H52N4O4. The highest BCUT2D eigenvalue weighted by Crippen LogP contribution is 2.35. The first-order valence-electron chi connectivity index (χ1n) is 17.4. The number of hydrogen-bond donors (Lipinski definition) is 1. The minimum absolute atomic E-state index is 0.0738. The molecule has 3 aromatic rings. The van der Waals surface area contributed by atoms with E-state index in [-0.39, 0.29) is 29.7 Å². The van der Waals surface area contributed by atoms with Crippen LogP contribution in [-0.4, -0.2) is 101 Å². The van der Waals surface area contributed by atoms with E-state index in [0.717, 1.165) is 69.7 Å². The number of piperazine rings is 2. The number of esters is 1. The van der Waals surface area contributed by atoms with Gasteiger partial charge in [0, 0.05) is 69.9 Å². The Balaban J connectivity index is 1.24. The van der Waals surface area contributed by atoms with Crippen molar-refractivity contribution < 1.29 is 19.4 Å². The van der Waals surface area contributed by atoms with Gasteiger partial charge in [-0.2, -0.15) is 0 Å². The first-order valence-corrected chi connectivity index (χ1v) is 17.4. The normalized spacial score (nSPS) is 20.2. The third-order valence-electron chi connectivity index (χ3n) is 9.68. The van der Waals surface area contributed by atoms with E-state index in [1.807, 2.05) is 36.1 Å². The third kappa shape index (κ3) is 9.43. The summed E-state index contributed by atoms with van der Waals surface area (Å²) in [5.41, 5.74) is 4.13. The van der Waals surface area contributed by atoms with E-state index in [1.165, 1.54) is 5.56 Å². The van der Waals surface area contributed by atoms with Crippen LogP contribution in [0.2, 0.25) is 0 Å². The Morgan fingerprint density at radius 1 is 0.830 bits per heavy atom. The van der Waals surface area contributed by atoms with Crippen molar-refractivity contribution in [1.29, 1.82) is 0 Å². The molecule has 0 unspecified atom stereocenters. The minimum atomic E-state index is -0.109. The molecule has 0 radical (unpaired) electrons. The second kappa shape index (κ2) is 16.9. The molecule has 8 heteroatoms. The summed E-state index contributed by atoms with van der Waals surface area (Å²) in [5.74, 6) is 0.215. The highest BCUT2D eigenvalue weighted by atomic mass is 16.5. The van der Waals surface area contributed by atoms with Gasteiger partial charge in [-0.05, 0) is 81.1 Å². The van der Waals surface area contributed by atoms with Gasteiger partial charge in [0.1, 0.15) is 5.75 Å². The summed E-state index contributed by atoms with van der Waals surface area (Å²) < 4.78 is 5.02. The maximum atomic E-state index is 13.8. The van der Waals surface area contributed by atoms with Crippen LogP contribution in [0.5, 0.6) is 5.75 Å². The summed E-state index contributed by atoms with van der Waals surface area (Å²) in [6.07, 6.45) is 3.40. The number of carbonyl (C=O) groups is 2. The number of hydrogen-bond acceptors (Lipinski definition) is 7. The van der Waals surface area contributed by atoms with Gasteiger partial charge in [0.25, 0.3) is 5.91 Å². The second-order valence-electron chi connectivity index (χ2n) is 13.2. The average molecular weight is 641 g/mol. The van der Waals surface area contributed by atoms with Crippen LogP contribution in [0.3, 0.4) is 0 Å². The highest BCUT2D eigenvalue weighted by Gasteiger charge is 2.35. The molecule has 1 amide bonds. The second-order valence-corrected chi connectivity index (χ2v) is 13.2. The van der Waals surface area contributed by atoms with Gasteiger partial charge in [0.2, 0.25) is 0 Å². The number of rotatable bonds is 13. The number of phenols is 1. The molecule has 2 heterocycles. The van der Waals surface area contributed by atoms with Crippen molar-refractivity contribution in [3.8, 4) is 5.75 Å². The van der Waals surface area contributed by atoms with Crippen LogP contribution in [0.25, 0.3) is 0 Å². The van der Waals surface area contributed by atoms with Crippen LogP contribution >= 0.6 is 0 Å². The Kier molecular flexibility index (Phi) is 12.4. The van der Waals surface area contributed by atoms with Crippen molar-refractivity contribution in [1.82, 2.24) is 19.6 Å². The van der Waals surface area contributed by atoms with Crippen LogP contribution in [0.1, 0.15) is 79.5 Å². The van der Waals surface area contributed by atoms with Gasteiger partial charge in [-0.3, -0.25) is 24.3 Å². The summed E-state index contributed by atoms with van der Waals surface area (Å²) >= 11 is 0. The van der Waals surface area contributed by atoms with Gasteiger partial charge in [0.15, 0.2) is 0 Å². The van der Waals surface area contributed by atoms with Gasteiger partial charge < -0.3 is 14.7 Å². The number of nitrogens with zero attached hydrogens (tertiary/aromatic N) is 4. The van der Waals surface area contributed by atoms with Crippen molar-refractivity contribution in [3.05, 3.63) is 101 Å². The smallest absolute Gasteiger partial charge is 0.305 e. The monoisotopic (exact) mass is 640 g/mol. The lowest BCUT2D eigenvalue weighted by Gasteiger charge is -2.47. The van der Waals surface area contributed by atoms with E-state index >= 15 is 0 Å². The predicted octanol–water partition coefficient (Wildman–Crippen LogP) is 5.96. The molecule has 2 fully saturated rings. The molecule has 3 aromatic carbocycles. The fourth-order valence-corrected chi connectivity index (χ4v) is 7.11. The van der Waals surface area contributed by atoms with Crippen molar-refractivity contribution in [2.24, 2.45) is 0 Å². The van der Waals surface area contributed by atoms with E-state index in [9.17, 15) is 14.7 Å². The van der Waals surface area contributed by atoms with Gasteiger partial charge in [0.05, 0.1) is 12.6 Å². The van der Waals surface area contributed by atoms with E-state index < -0.39 is 0 Å². The Bertz CT molecular complexity index is 1440. The SMILES string of the molecule is CCOC(=O)CCCCCN1CCN(C(=O)c2cccc([C@H](c3cccc(O)c3)N3C[C@@H](C)N(Cc4ccccc4)C[C@@H]3C)c2)CC1. The van der Waals surface area contributed by atoms with Crippen molar-refractivity contribution in [2.45, 2.75) is 71.1 Å². The first-order chi connectivity index (χ1) is 22.8. The van der Waals surface area contributed by atoms with Crippen LogP contribution in [0.15, 0.2) is 78.9 Å². The summed E-state index contributed by atoms with van der Waals surface area (Å²) in [6, 6.07) is 26.9. The molecule has 5 rings (SSSR count). The van der Waals surface area contributed by atoms with Crippen LogP contribution < -0.4 is 0 Å². The van der Waals surface area contributed by atoms with E-state index in [0.29, 0.717) is 37.7 Å². The fraction of sp³-hybridized carbons (Fsp3) is 0.487. The zero-order valence-corrected chi connectivity index (χ0v) is 28.4. The fourth-order valence-electron chi connectivity index (χ4n) is 7.11. The molecule has 47 heavy (non-hydrogen) atoms. The Labute approximate surface area is 280 Å². The number of ether oxygens (including phenoxy) is 1. The summed E-state index contributed by atoms with van der Waals surface area (Å²) in [7, 11) is 0. The van der Waals surface area contributed by atoms with E-state index in [4.69, 9.17) is 4.74 Å². The lowest BCUT2D eigenvalue weighted by atomic mass is 9.92. The van der Waals surface area contributed by atoms with Crippen LogP contribution in [0, 0.1) is 0 Å². The van der Waals surface area contributed by atoms with Gasteiger partial charge in [-0.25, -0.2) is 0 Å². The minimum Gasteiger partial charge on any atom is -0.508 e. The Morgan fingerprint density at radius 2 is 1.55 bits per heavy atom. The molecule has 0 aliphatic carbocycles. The lowest BCUT2D eigenvalue weighted by Crippen LogP contribution is -2.56. The van der Waals surface area contributed by atoms with E-state index in [1.54, 1.807) is 6.07 Å². The van der Waals surface area contributed by atoms with Crippen molar-refractivity contribution in [2.75, 3.05) is 52.4 Å². The Hall–Kier alpha value is -3.72. The molecule has 3 atom stereocenters. The van der Waals surface area contributed by atoms with E-state index in [2.05, 4.69) is 77.1 Å². The molecule has 1 N–H and O–H groups in total. The predicted molar refractivity (Wildman–Crippen MR) is 186 cm³/mol. The number of benzene rings is 3. The number of phenolic OH excluding ortho intramolecular Hbond substituents is 1. The number of amides is 1. The number of carbonyl (C=O) groups excluding carboxylic acids is 2.